The Labute approximate surface area is 185 Å². The van der Waals surface area contributed by atoms with E-state index in [1.165, 1.54) is 56.1 Å². The fourth-order valence-electron chi connectivity index (χ4n) is 5.77. The predicted molar refractivity (Wildman–Crippen MR) is 125 cm³/mol. The Morgan fingerprint density at radius 2 is 1.33 bits per heavy atom. The van der Waals surface area contributed by atoms with Crippen molar-refractivity contribution >= 4 is 17.2 Å². The van der Waals surface area contributed by atoms with E-state index in [2.05, 4.69) is 0 Å². The average molecular weight is 425 g/mol. The number of alkyl halides is 1. The highest BCUT2D eigenvalue weighted by atomic mass is 35.5. The lowest BCUT2D eigenvalue weighted by atomic mass is 9.81. The molecule has 0 spiro atoms. The van der Waals surface area contributed by atoms with Gasteiger partial charge >= 0.3 is 0 Å². The maximum Gasteiger partial charge on any atom is 0.115 e. The van der Waals surface area contributed by atoms with E-state index in [1.807, 2.05) is 24.3 Å². The van der Waals surface area contributed by atoms with Gasteiger partial charge in [0.2, 0.25) is 0 Å². The van der Waals surface area contributed by atoms with Crippen LogP contribution in [0.4, 0.5) is 0 Å². The Kier molecular flexibility index (Phi) is 7.04. The molecule has 2 fully saturated rings. The molecule has 2 atom stereocenters. The molecule has 0 radical (unpaired) electrons. The molecule has 0 aliphatic heterocycles. The van der Waals surface area contributed by atoms with Crippen molar-refractivity contribution < 1.29 is 10.2 Å². The molecule has 3 heteroatoms. The number of phenolic OH excluding ortho intramolecular Hbond substituents is 2. The third-order valence-corrected chi connectivity index (χ3v) is 7.51. The van der Waals surface area contributed by atoms with E-state index < -0.39 is 0 Å². The van der Waals surface area contributed by atoms with E-state index in [0.717, 1.165) is 35.8 Å². The van der Waals surface area contributed by atoms with Crippen molar-refractivity contribution in [1.29, 1.82) is 0 Å². The summed E-state index contributed by atoms with van der Waals surface area (Å²) in [4.78, 5) is 0. The first kappa shape index (κ1) is 21.3. The number of phenols is 2. The summed E-state index contributed by atoms with van der Waals surface area (Å²) in [7, 11) is 0. The van der Waals surface area contributed by atoms with E-state index >= 15 is 0 Å². The summed E-state index contributed by atoms with van der Waals surface area (Å²) < 4.78 is 0. The number of hydrogen-bond acceptors (Lipinski definition) is 2. The van der Waals surface area contributed by atoms with Crippen LogP contribution in [-0.4, -0.2) is 16.1 Å². The van der Waals surface area contributed by atoms with Gasteiger partial charge in [-0.2, -0.15) is 0 Å². The Hall–Kier alpha value is -1.93. The molecule has 4 rings (SSSR count). The van der Waals surface area contributed by atoms with Gasteiger partial charge in [0.1, 0.15) is 11.5 Å². The van der Waals surface area contributed by atoms with Crippen molar-refractivity contribution in [3.05, 3.63) is 65.2 Å². The first-order chi connectivity index (χ1) is 14.7. The van der Waals surface area contributed by atoms with Crippen molar-refractivity contribution in [2.24, 2.45) is 17.8 Å². The van der Waals surface area contributed by atoms with Crippen LogP contribution in [0.2, 0.25) is 0 Å². The molecule has 0 amide bonds. The Morgan fingerprint density at radius 1 is 0.767 bits per heavy atom. The Bertz CT molecular complexity index is 800. The van der Waals surface area contributed by atoms with E-state index in [1.54, 1.807) is 24.3 Å². The van der Waals surface area contributed by atoms with Crippen molar-refractivity contribution in [1.82, 2.24) is 0 Å². The Balaban J connectivity index is 1.74. The number of rotatable bonds is 7. The van der Waals surface area contributed by atoms with Crippen LogP contribution in [0.25, 0.3) is 5.57 Å². The smallest absolute Gasteiger partial charge is 0.115 e. The van der Waals surface area contributed by atoms with Crippen LogP contribution in [-0.2, 0) is 0 Å². The molecule has 2 nitrogen and oxygen atoms in total. The van der Waals surface area contributed by atoms with Gasteiger partial charge in [-0.15, -0.1) is 11.6 Å². The minimum absolute atomic E-state index is 0.285. The molecule has 0 saturated heterocycles. The van der Waals surface area contributed by atoms with Gasteiger partial charge in [-0.05, 0) is 90.8 Å². The van der Waals surface area contributed by atoms with Crippen LogP contribution in [0, 0.1) is 17.8 Å². The molecule has 2 N–H and O–H groups in total. The van der Waals surface area contributed by atoms with E-state index in [9.17, 15) is 10.2 Å². The summed E-state index contributed by atoms with van der Waals surface area (Å²) in [6.07, 6.45) is 11.5. The predicted octanol–water partition coefficient (Wildman–Crippen LogP) is 7.53. The van der Waals surface area contributed by atoms with Gasteiger partial charge in [0.25, 0.3) is 0 Å². The molecular formula is C27H33ClO2. The second-order valence-corrected chi connectivity index (χ2v) is 9.48. The van der Waals surface area contributed by atoms with Crippen molar-refractivity contribution in [2.75, 3.05) is 5.88 Å². The highest BCUT2D eigenvalue weighted by Gasteiger charge is 2.34. The second kappa shape index (κ2) is 9.92. The topological polar surface area (TPSA) is 40.5 Å². The van der Waals surface area contributed by atoms with Crippen LogP contribution in [0.5, 0.6) is 11.5 Å². The zero-order chi connectivity index (χ0) is 20.9. The van der Waals surface area contributed by atoms with Crippen LogP contribution >= 0.6 is 11.6 Å². The minimum atomic E-state index is 0.285. The summed E-state index contributed by atoms with van der Waals surface area (Å²) in [5, 5.41) is 19.7. The molecule has 2 aliphatic rings. The quantitative estimate of drug-likeness (QED) is 0.451. The molecule has 0 aromatic heterocycles. The van der Waals surface area contributed by atoms with Crippen LogP contribution in [0.1, 0.15) is 68.9 Å². The van der Waals surface area contributed by atoms with Crippen molar-refractivity contribution in [2.45, 2.75) is 57.8 Å². The lowest BCUT2D eigenvalue weighted by Crippen LogP contribution is -2.10. The van der Waals surface area contributed by atoms with Gasteiger partial charge in [0, 0.05) is 5.88 Å². The molecule has 30 heavy (non-hydrogen) atoms. The van der Waals surface area contributed by atoms with Gasteiger partial charge in [-0.3, -0.25) is 0 Å². The van der Waals surface area contributed by atoms with Gasteiger partial charge in [-0.1, -0.05) is 55.5 Å². The molecule has 2 aliphatic carbocycles. The monoisotopic (exact) mass is 424 g/mol. The van der Waals surface area contributed by atoms with Gasteiger partial charge < -0.3 is 10.2 Å². The SMILES string of the molecule is Oc1ccc(C(=C(CCCCl)C2CCC(C3CCCC3)C2)c2ccc(O)cc2)cc1. The fraction of sp³-hybridized carbons (Fsp3) is 0.481. The van der Waals surface area contributed by atoms with Crippen molar-refractivity contribution in [3.8, 4) is 11.5 Å². The summed E-state index contributed by atoms with van der Waals surface area (Å²) in [6, 6.07) is 15.1. The van der Waals surface area contributed by atoms with Crippen LogP contribution in [0.15, 0.2) is 54.1 Å². The molecule has 2 aromatic carbocycles. The number of benzene rings is 2. The second-order valence-electron chi connectivity index (χ2n) is 9.10. The van der Waals surface area contributed by atoms with Crippen LogP contribution in [0.3, 0.4) is 0 Å². The number of allylic oxidation sites excluding steroid dienone is 1. The minimum Gasteiger partial charge on any atom is -0.508 e. The van der Waals surface area contributed by atoms with Crippen LogP contribution < -0.4 is 0 Å². The molecule has 2 aromatic rings. The molecule has 0 heterocycles. The maximum atomic E-state index is 9.83. The van der Waals surface area contributed by atoms with E-state index in [4.69, 9.17) is 11.6 Å². The average Bonchev–Trinajstić information content (AvgIpc) is 3.45. The summed E-state index contributed by atoms with van der Waals surface area (Å²) in [5.41, 5.74) is 5.03. The van der Waals surface area contributed by atoms with E-state index in [0.29, 0.717) is 11.8 Å². The normalized spacial score (nSPS) is 21.8. The number of aromatic hydroxyl groups is 2. The van der Waals surface area contributed by atoms with Gasteiger partial charge in [0.05, 0.1) is 0 Å². The Morgan fingerprint density at radius 3 is 1.87 bits per heavy atom. The number of halogens is 1. The molecule has 2 saturated carbocycles. The molecular weight excluding hydrogens is 392 g/mol. The molecule has 0 bridgehead atoms. The van der Waals surface area contributed by atoms with E-state index in [-0.39, 0.29) is 11.5 Å². The first-order valence-electron chi connectivity index (χ1n) is 11.5. The third-order valence-electron chi connectivity index (χ3n) is 7.25. The summed E-state index contributed by atoms with van der Waals surface area (Å²) >= 11 is 6.13. The summed E-state index contributed by atoms with van der Waals surface area (Å²) in [5.74, 6) is 3.62. The highest BCUT2D eigenvalue weighted by Crippen LogP contribution is 2.48. The molecule has 160 valence electrons. The van der Waals surface area contributed by atoms with Gasteiger partial charge in [0.15, 0.2) is 0 Å². The maximum absolute atomic E-state index is 9.83. The first-order valence-corrected chi connectivity index (χ1v) is 12.1. The molecule has 2 unspecified atom stereocenters. The highest BCUT2D eigenvalue weighted by molar-refractivity contribution is 6.17. The zero-order valence-electron chi connectivity index (χ0n) is 17.7. The lowest BCUT2D eigenvalue weighted by Gasteiger charge is -2.23. The lowest BCUT2D eigenvalue weighted by molar-refractivity contribution is 0.339. The standard InChI is InChI=1S/C27H33ClO2/c28-17-3-6-26(23-8-7-22(18-23)19-4-1-2-5-19)27(20-9-13-24(29)14-10-20)21-11-15-25(30)16-12-21/h9-16,19,22-23,29-30H,1-8,17-18H2. The summed E-state index contributed by atoms with van der Waals surface area (Å²) in [6.45, 7) is 0. The largest absolute Gasteiger partial charge is 0.508 e. The van der Waals surface area contributed by atoms with Gasteiger partial charge in [-0.25, -0.2) is 0 Å². The fourth-order valence-corrected chi connectivity index (χ4v) is 5.91. The third kappa shape index (κ3) is 4.86. The number of hydrogen-bond donors (Lipinski definition) is 2. The zero-order valence-corrected chi connectivity index (χ0v) is 18.5. The van der Waals surface area contributed by atoms with Crippen molar-refractivity contribution in [3.63, 3.8) is 0 Å².